The molecular formula is C18H20F2N6O2. The second-order valence-electron chi connectivity index (χ2n) is 6.33. The molecule has 0 aliphatic carbocycles. The van der Waals surface area contributed by atoms with Crippen LogP contribution < -0.4 is 15.5 Å². The number of amides is 2. The molecule has 0 saturated carbocycles. The summed E-state index contributed by atoms with van der Waals surface area (Å²) >= 11 is 0. The van der Waals surface area contributed by atoms with E-state index in [9.17, 15) is 13.6 Å². The van der Waals surface area contributed by atoms with Crippen molar-refractivity contribution in [2.24, 2.45) is 0 Å². The third kappa shape index (κ3) is 4.55. The summed E-state index contributed by atoms with van der Waals surface area (Å²) in [7, 11) is 0. The molecule has 2 heterocycles. The van der Waals surface area contributed by atoms with Crippen LogP contribution in [0.25, 0.3) is 0 Å². The average Bonchev–Trinajstić information content (AvgIpc) is 3.09. The second kappa shape index (κ2) is 8.67. The number of hydrogen-bond acceptors (Lipinski definition) is 6. The predicted molar refractivity (Wildman–Crippen MR) is 97.8 cm³/mol. The number of benzene rings is 1. The van der Waals surface area contributed by atoms with E-state index in [0.717, 1.165) is 12.1 Å². The van der Waals surface area contributed by atoms with Crippen molar-refractivity contribution >= 4 is 17.5 Å². The van der Waals surface area contributed by atoms with Crippen molar-refractivity contribution in [3.05, 3.63) is 41.2 Å². The summed E-state index contributed by atoms with van der Waals surface area (Å²) in [6, 6.07) is 5.11. The average molecular weight is 390 g/mol. The van der Waals surface area contributed by atoms with Crippen molar-refractivity contribution in [3.8, 4) is 6.07 Å². The smallest absolute Gasteiger partial charge is 0.320 e. The molecule has 1 aromatic heterocycles. The molecule has 10 heteroatoms. The molecule has 28 heavy (non-hydrogen) atoms. The second-order valence-corrected chi connectivity index (χ2v) is 6.33. The minimum atomic E-state index is -0.735. The van der Waals surface area contributed by atoms with Crippen LogP contribution in [0, 0.1) is 23.0 Å². The molecule has 8 nitrogen and oxygen atoms in total. The first kappa shape index (κ1) is 19.6. The summed E-state index contributed by atoms with van der Waals surface area (Å²) in [5.74, 6) is -0.570. The van der Waals surface area contributed by atoms with Crippen LogP contribution in [0.4, 0.5) is 25.1 Å². The lowest BCUT2D eigenvalue weighted by molar-refractivity contribution is 0.219. The molecule has 3 rings (SSSR count). The van der Waals surface area contributed by atoms with Gasteiger partial charge in [-0.3, -0.25) is 10.2 Å². The maximum absolute atomic E-state index is 14.2. The molecule has 1 aliphatic rings. The number of aromatic nitrogens is 1. The molecule has 1 aliphatic heterocycles. The normalized spacial score (nSPS) is 14.6. The molecule has 2 aromatic rings. The molecule has 1 fully saturated rings. The standard InChI is InChI=1S/C18H20F2N6O2/c1-2-22-18(27)23-16-9-13(28-24-16)11-25-3-5-26(6-4-25)17-14(19)7-12(10-21)8-15(17)20/h7-9H,2-6,11H2,1H3,(H2,22,23,24,27). The van der Waals surface area contributed by atoms with E-state index in [2.05, 4.69) is 20.7 Å². The monoisotopic (exact) mass is 390 g/mol. The lowest BCUT2D eigenvalue weighted by Gasteiger charge is -2.35. The Hall–Kier alpha value is -3.19. The SMILES string of the molecule is CCNC(=O)Nc1cc(CN2CCN(c3c(F)cc(C#N)cc3F)CC2)on1. The number of halogens is 2. The number of nitrogens with zero attached hydrogens (tertiary/aromatic N) is 4. The van der Waals surface area contributed by atoms with Gasteiger partial charge in [0.15, 0.2) is 23.2 Å². The van der Waals surface area contributed by atoms with E-state index < -0.39 is 11.6 Å². The molecule has 148 valence electrons. The van der Waals surface area contributed by atoms with Crippen molar-refractivity contribution in [2.45, 2.75) is 13.5 Å². The Balaban J connectivity index is 1.56. The highest BCUT2D eigenvalue weighted by atomic mass is 19.1. The zero-order chi connectivity index (χ0) is 20.1. The molecule has 0 bridgehead atoms. The number of rotatable bonds is 5. The summed E-state index contributed by atoms with van der Waals surface area (Å²) in [5, 5.41) is 17.7. The Labute approximate surface area is 160 Å². The summed E-state index contributed by atoms with van der Waals surface area (Å²) < 4.78 is 33.6. The molecule has 1 aromatic carbocycles. The maximum atomic E-state index is 14.2. The Morgan fingerprint density at radius 1 is 1.25 bits per heavy atom. The number of nitrogens with one attached hydrogen (secondary N) is 2. The van der Waals surface area contributed by atoms with Crippen LogP contribution in [0.5, 0.6) is 0 Å². The van der Waals surface area contributed by atoms with Gasteiger partial charge >= 0.3 is 6.03 Å². The molecule has 0 spiro atoms. The van der Waals surface area contributed by atoms with Crippen molar-refractivity contribution in [3.63, 3.8) is 0 Å². The van der Waals surface area contributed by atoms with Crippen LogP contribution in [-0.4, -0.2) is 48.8 Å². The highest BCUT2D eigenvalue weighted by molar-refractivity contribution is 5.88. The molecule has 1 saturated heterocycles. The van der Waals surface area contributed by atoms with Crippen LogP contribution in [-0.2, 0) is 6.54 Å². The Kier molecular flexibility index (Phi) is 6.06. The van der Waals surface area contributed by atoms with E-state index >= 15 is 0 Å². The van der Waals surface area contributed by atoms with E-state index in [1.165, 1.54) is 0 Å². The zero-order valence-electron chi connectivity index (χ0n) is 15.3. The fraction of sp³-hybridized carbons (Fsp3) is 0.389. The summed E-state index contributed by atoms with van der Waals surface area (Å²) in [6.45, 7) is 4.77. The first-order valence-electron chi connectivity index (χ1n) is 8.87. The minimum absolute atomic E-state index is 0.0419. The minimum Gasteiger partial charge on any atom is -0.364 e. The quantitative estimate of drug-likeness (QED) is 0.813. The Morgan fingerprint density at radius 2 is 1.93 bits per heavy atom. The molecule has 2 N–H and O–H groups in total. The fourth-order valence-electron chi connectivity index (χ4n) is 3.05. The third-order valence-electron chi connectivity index (χ3n) is 4.35. The molecule has 2 amide bonds. The van der Waals surface area contributed by atoms with E-state index in [4.69, 9.17) is 9.78 Å². The van der Waals surface area contributed by atoms with Gasteiger partial charge in [-0.2, -0.15) is 5.26 Å². The van der Waals surface area contributed by atoms with Gasteiger partial charge in [0.1, 0.15) is 5.69 Å². The first-order valence-corrected chi connectivity index (χ1v) is 8.87. The number of hydrogen-bond donors (Lipinski definition) is 2. The van der Waals surface area contributed by atoms with Crippen LogP contribution >= 0.6 is 0 Å². The lowest BCUT2D eigenvalue weighted by Crippen LogP contribution is -2.46. The number of anilines is 2. The van der Waals surface area contributed by atoms with Gasteiger partial charge in [-0.15, -0.1) is 0 Å². The number of piperazine rings is 1. The zero-order valence-corrected chi connectivity index (χ0v) is 15.3. The van der Waals surface area contributed by atoms with E-state index in [-0.39, 0.29) is 17.3 Å². The van der Waals surface area contributed by atoms with Crippen molar-refractivity contribution in [1.82, 2.24) is 15.4 Å². The number of nitriles is 1. The first-order chi connectivity index (χ1) is 13.5. The van der Waals surface area contributed by atoms with Crippen LogP contribution in [0.2, 0.25) is 0 Å². The van der Waals surface area contributed by atoms with Gasteiger partial charge in [0.25, 0.3) is 0 Å². The topological polar surface area (TPSA) is 97.4 Å². The molecule has 0 unspecified atom stereocenters. The highest BCUT2D eigenvalue weighted by Crippen LogP contribution is 2.26. The van der Waals surface area contributed by atoms with Gasteiger partial charge in [0.05, 0.1) is 18.2 Å². The van der Waals surface area contributed by atoms with Crippen LogP contribution in [0.3, 0.4) is 0 Å². The molecule has 0 radical (unpaired) electrons. The summed E-state index contributed by atoms with van der Waals surface area (Å²) in [6.07, 6.45) is 0. The molecular weight excluding hydrogens is 370 g/mol. The maximum Gasteiger partial charge on any atom is 0.320 e. The van der Waals surface area contributed by atoms with Gasteiger partial charge in [-0.1, -0.05) is 5.16 Å². The highest BCUT2D eigenvalue weighted by Gasteiger charge is 2.24. The number of carbonyl (C=O) groups excluding carboxylic acids is 1. The predicted octanol–water partition coefficient (Wildman–Crippen LogP) is 2.29. The van der Waals surface area contributed by atoms with Gasteiger partial charge in [0, 0.05) is 38.8 Å². The van der Waals surface area contributed by atoms with Gasteiger partial charge in [0.2, 0.25) is 0 Å². The van der Waals surface area contributed by atoms with Crippen LogP contribution in [0.1, 0.15) is 18.2 Å². The Morgan fingerprint density at radius 3 is 2.54 bits per heavy atom. The summed E-state index contributed by atoms with van der Waals surface area (Å²) in [5.41, 5.74) is -0.147. The van der Waals surface area contributed by atoms with E-state index in [1.54, 1.807) is 17.0 Å². The van der Waals surface area contributed by atoms with E-state index in [1.807, 2.05) is 6.92 Å². The van der Waals surface area contributed by atoms with Gasteiger partial charge in [-0.05, 0) is 19.1 Å². The Bertz CT molecular complexity index is 863. The van der Waals surface area contributed by atoms with Crippen molar-refractivity contribution < 1.29 is 18.1 Å². The fourth-order valence-corrected chi connectivity index (χ4v) is 3.05. The van der Waals surface area contributed by atoms with Gasteiger partial charge < -0.3 is 14.7 Å². The number of carbonyl (C=O) groups is 1. The molecule has 0 atom stereocenters. The van der Waals surface area contributed by atoms with Crippen LogP contribution in [0.15, 0.2) is 22.7 Å². The largest absolute Gasteiger partial charge is 0.364 e. The summed E-state index contributed by atoms with van der Waals surface area (Å²) in [4.78, 5) is 15.2. The van der Waals surface area contributed by atoms with Crippen molar-refractivity contribution in [1.29, 1.82) is 5.26 Å². The van der Waals surface area contributed by atoms with Gasteiger partial charge in [-0.25, -0.2) is 13.6 Å². The number of urea groups is 1. The lowest BCUT2D eigenvalue weighted by atomic mass is 10.1. The third-order valence-corrected chi connectivity index (χ3v) is 4.35. The van der Waals surface area contributed by atoms with Crippen molar-refractivity contribution in [2.75, 3.05) is 42.9 Å². The van der Waals surface area contributed by atoms with E-state index in [0.29, 0.717) is 50.8 Å².